The van der Waals surface area contributed by atoms with Gasteiger partial charge in [0.1, 0.15) is 0 Å². The van der Waals surface area contributed by atoms with E-state index >= 15 is 0 Å². The first-order valence-electron chi connectivity index (χ1n) is 10.4. The molecule has 2 amide bonds. The Morgan fingerprint density at radius 2 is 1.93 bits per heavy atom. The summed E-state index contributed by atoms with van der Waals surface area (Å²) in [7, 11) is 1.74. The van der Waals surface area contributed by atoms with E-state index in [0.717, 1.165) is 24.9 Å². The average molecular weight is 404 g/mol. The van der Waals surface area contributed by atoms with E-state index < -0.39 is 5.91 Å². The molecule has 1 aliphatic carbocycles. The Morgan fingerprint density at radius 3 is 2.52 bits per heavy atom. The molecule has 6 heteroatoms. The predicted molar refractivity (Wildman–Crippen MR) is 116 cm³/mol. The number of hydrogen-bond acceptors (Lipinski definition) is 4. The molecule has 4 N–H and O–H groups in total. The van der Waals surface area contributed by atoms with Crippen LogP contribution in [0.2, 0.25) is 0 Å². The molecule has 0 aliphatic heterocycles. The van der Waals surface area contributed by atoms with Crippen LogP contribution in [0.4, 0.5) is 0 Å². The van der Waals surface area contributed by atoms with E-state index in [1.54, 1.807) is 13.2 Å². The molecule has 0 saturated carbocycles. The number of methoxy groups -OCH3 is 1. The predicted octanol–water partition coefficient (Wildman–Crippen LogP) is 2.53. The SMILES string of the molecule is CO[C@@H]1Cc2ccc(C(N)=O)cc2C(C)(C)[C@H]1NCCCNC(=O)CC(C)(C)C. The second-order valence-electron chi connectivity index (χ2n) is 9.81. The number of nitrogens with two attached hydrogens (primary N) is 1. The highest BCUT2D eigenvalue weighted by Gasteiger charge is 2.42. The Kier molecular flexibility index (Phi) is 7.46. The van der Waals surface area contributed by atoms with Crippen LogP contribution < -0.4 is 16.4 Å². The summed E-state index contributed by atoms with van der Waals surface area (Å²) in [6.45, 7) is 11.9. The lowest BCUT2D eigenvalue weighted by Gasteiger charge is -2.45. The van der Waals surface area contributed by atoms with Crippen LogP contribution in [0.5, 0.6) is 0 Å². The minimum atomic E-state index is -0.409. The minimum Gasteiger partial charge on any atom is -0.379 e. The highest BCUT2D eigenvalue weighted by molar-refractivity contribution is 5.93. The lowest BCUT2D eigenvalue weighted by molar-refractivity contribution is -0.122. The van der Waals surface area contributed by atoms with Gasteiger partial charge in [-0.1, -0.05) is 40.7 Å². The quantitative estimate of drug-likeness (QED) is 0.582. The molecule has 0 radical (unpaired) electrons. The molecule has 2 rings (SSSR count). The molecule has 0 aromatic heterocycles. The summed E-state index contributed by atoms with van der Waals surface area (Å²) in [5.41, 5.74) is 8.12. The third kappa shape index (κ3) is 6.03. The van der Waals surface area contributed by atoms with Crippen LogP contribution in [-0.2, 0) is 21.4 Å². The fourth-order valence-corrected chi connectivity index (χ4v) is 4.20. The molecule has 0 bridgehead atoms. The van der Waals surface area contributed by atoms with Crippen molar-refractivity contribution < 1.29 is 14.3 Å². The number of carbonyl (C=O) groups excluding carboxylic acids is 2. The van der Waals surface area contributed by atoms with Gasteiger partial charge in [0.2, 0.25) is 11.8 Å². The van der Waals surface area contributed by atoms with E-state index in [9.17, 15) is 9.59 Å². The lowest BCUT2D eigenvalue weighted by atomic mass is 9.67. The number of nitrogens with one attached hydrogen (secondary N) is 2. The van der Waals surface area contributed by atoms with Gasteiger partial charge in [0, 0.05) is 43.5 Å². The number of fused-ring (bicyclic) bond motifs is 1. The van der Waals surface area contributed by atoms with E-state index in [-0.39, 0.29) is 28.9 Å². The van der Waals surface area contributed by atoms with E-state index in [0.29, 0.717) is 18.5 Å². The highest BCUT2D eigenvalue weighted by atomic mass is 16.5. The number of ether oxygens (including phenoxy) is 1. The smallest absolute Gasteiger partial charge is 0.248 e. The fourth-order valence-electron chi connectivity index (χ4n) is 4.20. The van der Waals surface area contributed by atoms with Crippen molar-refractivity contribution in [2.75, 3.05) is 20.2 Å². The van der Waals surface area contributed by atoms with Crippen molar-refractivity contribution in [3.05, 3.63) is 34.9 Å². The largest absolute Gasteiger partial charge is 0.379 e. The topological polar surface area (TPSA) is 93.4 Å². The average Bonchev–Trinajstić information content (AvgIpc) is 2.60. The summed E-state index contributed by atoms with van der Waals surface area (Å²) in [6.07, 6.45) is 2.19. The van der Waals surface area contributed by atoms with Gasteiger partial charge < -0.3 is 21.1 Å². The first-order chi connectivity index (χ1) is 13.5. The van der Waals surface area contributed by atoms with Crippen LogP contribution in [-0.4, -0.2) is 44.2 Å². The zero-order valence-corrected chi connectivity index (χ0v) is 18.7. The fraction of sp³-hybridized carbons (Fsp3) is 0.652. The molecule has 1 aromatic rings. The molecular formula is C23H37N3O3. The molecular weight excluding hydrogens is 366 g/mol. The molecule has 2 atom stereocenters. The Labute approximate surface area is 175 Å². The van der Waals surface area contributed by atoms with Gasteiger partial charge in [0.25, 0.3) is 0 Å². The van der Waals surface area contributed by atoms with Crippen LogP contribution >= 0.6 is 0 Å². The van der Waals surface area contributed by atoms with Gasteiger partial charge in [-0.3, -0.25) is 9.59 Å². The third-order valence-corrected chi connectivity index (χ3v) is 5.69. The standard InChI is InChI=1S/C23H37N3O3/c1-22(2,3)14-19(27)25-10-7-11-26-20-18(29-6)13-15-8-9-16(21(24)28)12-17(15)23(20,4)5/h8-9,12,18,20,26H,7,10-11,13-14H2,1-6H3,(H2,24,28)(H,25,27)/t18-,20+/m1/s1. The van der Waals surface area contributed by atoms with Gasteiger partial charge in [-0.15, -0.1) is 0 Å². The Bertz CT molecular complexity index is 737. The zero-order valence-electron chi connectivity index (χ0n) is 18.7. The van der Waals surface area contributed by atoms with Crippen molar-refractivity contribution in [2.45, 2.75) is 71.4 Å². The Hall–Kier alpha value is -1.92. The van der Waals surface area contributed by atoms with Crippen LogP contribution in [0.25, 0.3) is 0 Å². The van der Waals surface area contributed by atoms with Crippen LogP contribution in [0.1, 0.15) is 68.9 Å². The molecule has 29 heavy (non-hydrogen) atoms. The molecule has 0 fully saturated rings. The van der Waals surface area contributed by atoms with E-state index in [1.165, 1.54) is 5.56 Å². The van der Waals surface area contributed by atoms with E-state index in [4.69, 9.17) is 10.5 Å². The normalized spacial score (nSPS) is 20.8. The molecule has 0 unspecified atom stereocenters. The lowest BCUT2D eigenvalue weighted by Crippen LogP contribution is -2.57. The van der Waals surface area contributed by atoms with Gasteiger partial charge in [-0.05, 0) is 41.6 Å². The maximum Gasteiger partial charge on any atom is 0.248 e. The summed E-state index contributed by atoms with van der Waals surface area (Å²) >= 11 is 0. The van der Waals surface area contributed by atoms with Gasteiger partial charge in [-0.25, -0.2) is 0 Å². The maximum absolute atomic E-state index is 12.0. The molecule has 0 spiro atoms. The molecule has 162 valence electrons. The van der Waals surface area contributed by atoms with Crippen LogP contribution in [0.15, 0.2) is 18.2 Å². The number of carbonyl (C=O) groups is 2. The van der Waals surface area contributed by atoms with E-state index in [2.05, 4.69) is 45.3 Å². The minimum absolute atomic E-state index is 0.00268. The maximum atomic E-state index is 12.0. The monoisotopic (exact) mass is 403 g/mol. The van der Waals surface area contributed by atoms with Crippen molar-refractivity contribution in [2.24, 2.45) is 11.1 Å². The van der Waals surface area contributed by atoms with Gasteiger partial charge >= 0.3 is 0 Å². The summed E-state index contributed by atoms with van der Waals surface area (Å²) in [5.74, 6) is -0.314. The summed E-state index contributed by atoms with van der Waals surface area (Å²) in [4.78, 5) is 23.6. The van der Waals surface area contributed by atoms with E-state index in [1.807, 2.05) is 12.1 Å². The molecule has 0 heterocycles. The summed E-state index contributed by atoms with van der Waals surface area (Å²) in [6, 6.07) is 5.79. The van der Waals surface area contributed by atoms with Crippen molar-refractivity contribution >= 4 is 11.8 Å². The second-order valence-corrected chi connectivity index (χ2v) is 9.81. The number of primary amides is 1. The van der Waals surface area contributed by atoms with Crippen molar-refractivity contribution in [3.8, 4) is 0 Å². The van der Waals surface area contributed by atoms with Crippen molar-refractivity contribution in [3.63, 3.8) is 0 Å². The van der Waals surface area contributed by atoms with Crippen molar-refractivity contribution in [1.82, 2.24) is 10.6 Å². The molecule has 6 nitrogen and oxygen atoms in total. The Morgan fingerprint density at radius 1 is 1.24 bits per heavy atom. The Balaban J connectivity index is 2.00. The zero-order chi connectivity index (χ0) is 21.8. The summed E-state index contributed by atoms with van der Waals surface area (Å²) < 4.78 is 5.80. The van der Waals surface area contributed by atoms with Gasteiger partial charge in [0.15, 0.2) is 0 Å². The first kappa shape index (κ1) is 23.4. The molecule has 0 saturated heterocycles. The van der Waals surface area contributed by atoms with Gasteiger partial charge in [0.05, 0.1) is 6.10 Å². The summed E-state index contributed by atoms with van der Waals surface area (Å²) in [5, 5.41) is 6.63. The third-order valence-electron chi connectivity index (χ3n) is 5.69. The number of hydrogen-bond donors (Lipinski definition) is 3. The van der Waals surface area contributed by atoms with Crippen LogP contribution in [0, 0.1) is 5.41 Å². The number of amides is 2. The molecule has 1 aliphatic rings. The van der Waals surface area contributed by atoms with Gasteiger partial charge in [-0.2, -0.15) is 0 Å². The highest BCUT2D eigenvalue weighted by Crippen LogP contribution is 2.38. The number of benzene rings is 1. The van der Waals surface area contributed by atoms with Crippen molar-refractivity contribution in [1.29, 1.82) is 0 Å². The van der Waals surface area contributed by atoms with Crippen LogP contribution in [0.3, 0.4) is 0 Å². The number of rotatable bonds is 8. The molecule has 1 aromatic carbocycles. The first-order valence-corrected chi connectivity index (χ1v) is 10.4. The second kappa shape index (κ2) is 9.26.